The van der Waals surface area contributed by atoms with E-state index in [9.17, 15) is 4.79 Å². The lowest BCUT2D eigenvalue weighted by molar-refractivity contribution is 0.0931. The fraction of sp³-hybridized carbons (Fsp3) is 0.429. The Hall–Kier alpha value is -2.54. The summed E-state index contributed by atoms with van der Waals surface area (Å²) < 4.78 is 0. The van der Waals surface area contributed by atoms with Crippen LogP contribution in [0, 0.1) is 13.8 Å². The summed E-state index contributed by atoms with van der Waals surface area (Å²) in [6.45, 7) is 4.54. The molecule has 0 spiro atoms. The molecule has 4 rings (SSSR count). The van der Waals surface area contributed by atoms with Gasteiger partial charge in [-0.2, -0.15) is 0 Å². The van der Waals surface area contributed by atoms with Crippen molar-refractivity contribution in [2.24, 2.45) is 0 Å². The number of carbonyl (C=O) groups excluding carboxylic acids is 1. The second-order valence-electron chi connectivity index (χ2n) is 7.39. The van der Waals surface area contributed by atoms with Crippen molar-refractivity contribution in [2.75, 3.05) is 5.32 Å². The van der Waals surface area contributed by atoms with Gasteiger partial charge in [-0.15, -0.1) is 11.3 Å². The van der Waals surface area contributed by atoms with Gasteiger partial charge in [-0.05, 0) is 44.4 Å². The first-order chi connectivity index (χ1) is 13.6. The maximum absolute atomic E-state index is 12.9. The average molecular weight is 396 g/mol. The minimum absolute atomic E-state index is 0.0127. The number of anilines is 1. The van der Waals surface area contributed by atoms with Gasteiger partial charge in [0.2, 0.25) is 0 Å². The van der Waals surface area contributed by atoms with E-state index in [4.69, 9.17) is 0 Å². The third kappa shape index (κ3) is 3.99. The highest BCUT2D eigenvalue weighted by Crippen LogP contribution is 2.33. The van der Waals surface area contributed by atoms with E-state index in [-0.39, 0.29) is 5.91 Å². The predicted molar refractivity (Wildman–Crippen MR) is 113 cm³/mol. The monoisotopic (exact) mass is 395 g/mol. The second-order valence-corrected chi connectivity index (χ2v) is 8.39. The Morgan fingerprint density at radius 3 is 2.79 bits per heavy atom. The summed E-state index contributed by atoms with van der Waals surface area (Å²) >= 11 is 1.44. The summed E-state index contributed by atoms with van der Waals surface area (Å²) in [5.41, 5.74) is 2.88. The van der Waals surface area contributed by atoms with Crippen LogP contribution in [0.1, 0.15) is 58.7 Å². The number of pyridine rings is 1. The number of hydrogen-bond donors (Lipinski definition) is 2. The van der Waals surface area contributed by atoms with Gasteiger partial charge in [0.15, 0.2) is 0 Å². The largest absolute Gasteiger partial charge is 0.364 e. The number of rotatable bonds is 5. The molecule has 3 heterocycles. The average Bonchev–Trinajstić information content (AvgIpc) is 3.05. The van der Waals surface area contributed by atoms with Crippen molar-refractivity contribution >= 4 is 33.3 Å². The summed E-state index contributed by atoms with van der Waals surface area (Å²) in [5.74, 6) is 0.762. The number of amides is 1. The first kappa shape index (κ1) is 18.8. The molecule has 1 saturated carbocycles. The number of thiophene rings is 1. The molecule has 1 fully saturated rings. The molecule has 0 radical (unpaired) electrons. The molecule has 0 bridgehead atoms. The summed E-state index contributed by atoms with van der Waals surface area (Å²) in [5, 5.41) is 7.51. The van der Waals surface area contributed by atoms with Gasteiger partial charge in [-0.25, -0.2) is 9.97 Å². The Labute approximate surface area is 168 Å². The molecule has 0 saturated heterocycles. The fourth-order valence-corrected chi connectivity index (χ4v) is 4.84. The van der Waals surface area contributed by atoms with Crippen LogP contribution in [0.3, 0.4) is 0 Å². The number of fused-ring (bicyclic) bond motifs is 1. The fourth-order valence-electron chi connectivity index (χ4n) is 3.79. The maximum atomic E-state index is 12.9. The lowest BCUT2D eigenvalue weighted by atomic mass is 9.95. The molecule has 6 nitrogen and oxygen atoms in total. The van der Waals surface area contributed by atoms with Crippen LogP contribution in [0.2, 0.25) is 0 Å². The van der Waals surface area contributed by atoms with Crippen molar-refractivity contribution in [3.05, 3.63) is 46.4 Å². The van der Waals surface area contributed by atoms with Crippen LogP contribution in [0.5, 0.6) is 0 Å². The first-order valence-electron chi connectivity index (χ1n) is 9.83. The highest BCUT2D eigenvalue weighted by Gasteiger charge is 2.22. The Morgan fingerprint density at radius 2 is 2.00 bits per heavy atom. The van der Waals surface area contributed by atoms with Crippen LogP contribution in [0.25, 0.3) is 10.2 Å². The molecule has 7 heteroatoms. The van der Waals surface area contributed by atoms with Crippen molar-refractivity contribution in [3.63, 3.8) is 0 Å². The molecule has 28 heavy (non-hydrogen) atoms. The van der Waals surface area contributed by atoms with Gasteiger partial charge in [-0.3, -0.25) is 9.78 Å². The molecule has 2 N–H and O–H groups in total. The number of aryl methyl sites for hydroxylation is 2. The number of aromatic nitrogens is 3. The van der Waals surface area contributed by atoms with E-state index in [0.717, 1.165) is 50.7 Å². The normalized spacial score (nSPS) is 14.9. The molecule has 3 aromatic rings. The quantitative estimate of drug-likeness (QED) is 0.670. The van der Waals surface area contributed by atoms with E-state index >= 15 is 0 Å². The molecule has 146 valence electrons. The second kappa shape index (κ2) is 8.22. The van der Waals surface area contributed by atoms with E-state index in [1.165, 1.54) is 30.6 Å². The van der Waals surface area contributed by atoms with Gasteiger partial charge >= 0.3 is 0 Å². The van der Waals surface area contributed by atoms with Gasteiger partial charge in [-0.1, -0.05) is 25.3 Å². The molecule has 3 aromatic heterocycles. The molecule has 1 amide bonds. The number of nitrogens with zero attached hydrogens (tertiary/aromatic N) is 3. The van der Waals surface area contributed by atoms with Gasteiger partial charge in [0.05, 0.1) is 22.5 Å². The first-order valence-corrected chi connectivity index (χ1v) is 10.6. The van der Waals surface area contributed by atoms with Crippen LogP contribution >= 0.6 is 11.3 Å². The summed E-state index contributed by atoms with van der Waals surface area (Å²) in [6.07, 6.45) is 7.37. The lowest BCUT2D eigenvalue weighted by Crippen LogP contribution is -2.36. The zero-order valence-corrected chi connectivity index (χ0v) is 17.1. The Kier molecular flexibility index (Phi) is 5.52. The smallest absolute Gasteiger partial charge is 0.261 e. The highest BCUT2D eigenvalue weighted by atomic mass is 32.1. The van der Waals surface area contributed by atoms with Crippen LogP contribution in [-0.4, -0.2) is 26.9 Å². The molecular weight excluding hydrogens is 370 g/mol. The lowest BCUT2D eigenvalue weighted by Gasteiger charge is -2.22. The highest BCUT2D eigenvalue weighted by molar-refractivity contribution is 7.20. The molecule has 0 atom stereocenters. The Bertz CT molecular complexity index is 994. The van der Waals surface area contributed by atoms with Gasteiger partial charge in [0, 0.05) is 11.7 Å². The van der Waals surface area contributed by atoms with Crippen LogP contribution in [0.4, 0.5) is 5.82 Å². The van der Waals surface area contributed by atoms with Gasteiger partial charge < -0.3 is 10.6 Å². The van der Waals surface area contributed by atoms with Crippen LogP contribution < -0.4 is 10.6 Å². The molecule has 0 aromatic carbocycles. The molecular formula is C21H25N5OS. The standard InChI is InChI=1S/C21H25N5OS/c1-13-7-6-10-16(25-13)11-22-19-17-14(2)18(28-21(17)24-12-23-19)20(27)26-15-8-4-3-5-9-15/h6-7,10,12,15H,3-5,8-9,11H2,1-2H3,(H,26,27)(H,22,23,24). The SMILES string of the molecule is Cc1cccc(CNc2ncnc3sc(C(=O)NC4CCCCC4)c(C)c23)n1. The molecule has 1 aliphatic carbocycles. The minimum Gasteiger partial charge on any atom is -0.364 e. The van der Waals surface area contributed by atoms with E-state index in [2.05, 4.69) is 25.6 Å². The van der Waals surface area contributed by atoms with E-state index < -0.39 is 0 Å². The third-order valence-electron chi connectivity index (χ3n) is 5.26. The van der Waals surface area contributed by atoms with E-state index in [0.29, 0.717) is 12.6 Å². The van der Waals surface area contributed by atoms with Crippen molar-refractivity contribution in [2.45, 2.75) is 58.5 Å². The summed E-state index contributed by atoms with van der Waals surface area (Å²) in [6, 6.07) is 6.26. The maximum Gasteiger partial charge on any atom is 0.261 e. The van der Waals surface area contributed by atoms with Crippen LogP contribution in [0.15, 0.2) is 24.5 Å². The summed E-state index contributed by atoms with van der Waals surface area (Å²) in [7, 11) is 0. The number of hydrogen-bond acceptors (Lipinski definition) is 6. The van der Waals surface area contributed by atoms with Crippen molar-refractivity contribution in [1.29, 1.82) is 0 Å². The van der Waals surface area contributed by atoms with Crippen molar-refractivity contribution in [1.82, 2.24) is 20.3 Å². The van der Waals surface area contributed by atoms with Gasteiger partial charge in [0.1, 0.15) is 17.0 Å². The zero-order valence-electron chi connectivity index (χ0n) is 16.3. The van der Waals surface area contributed by atoms with Crippen molar-refractivity contribution < 1.29 is 4.79 Å². The van der Waals surface area contributed by atoms with E-state index in [1.54, 1.807) is 6.33 Å². The minimum atomic E-state index is 0.0127. The molecule has 0 aliphatic heterocycles. The number of carbonyl (C=O) groups is 1. The van der Waals surface area contributed by atoms with E-state index in [1.807, 2.05) is 32.0 Å². The third-order valence-corrected chi connectivity index (χ3v) is 6.45. The predicted octanol–water partition coefficient (Wildman–Crippen LogP) is 4.38. The topological polar surface area (TPSA) is 79.8 Å². The Balaban J connectivity index is 1.56. The molecule has 0 unspecified atom stereocenters. The molecule has 1 aliphatic rings. The number of nitrogens with one attached hydrogen (secondary N) is 2. The van der Waals surface area contributed by atoms with Gasteiger partial charge in [0.25, 0.3) is 5.91 Å². The zero-order chi connectivity index (χ0) is 19.5. The van der Waals surface area contributed by atoms with Crippen LogP contribution in [-0.2, 0) is 6.54 Å². The Morgan fingerprint density at radius 1 is 1.18 bits per heavy atom. The summed E-state index contributed by atoms with van der Waals surface area (Å²) in [4.78, 5) is 27.8. The van der Waals surface area contributed by atoms with Crippen molar-refractivity contribution in [3.8, 4) is 0 Å².